The molecule has 0 aromatic carbocycles. The lowest BCUT2D eigenvalue weighted by atomic mass is 9.98. The van der Waals surface area contributed by atoms with Crippen LogP contribution in [0, 0.1) is 5.92 Å². The number of rotatable bonds is 10. The van der Waals surface area contributed by atoms with Crippen molar-refractivity contribution in [1.29, 1.82) is 0 Å². The van der Waals surface area contributed by atoms with Gasteiger partial charge in [-0.2, -0.15) is 8.42 Å². The molecule has 0 aromatic rings. The van der Waals surface area contributed by atoms with Crippen molar-refractivity contribution in [2.45, 2.75) is 76.1 Å². The average Bonchev–Trinajstić information content (AvgIpc) is 2.88. The van der Waals surface area contributed by atoms with E-state index in [2.05, 4.69) is 0 Å². The van der Waals surface area contributed by atoms with Gasteiger partial charge in [0.05, 0.1) is 0 Å². The first-order valence-electron chi connectivity index (χ1n) is 8.28. The number of hydrogen-bond donors (Lipinski definition) is 3. The highest BCUT2D eigenvalue weighted by Crippen LogP contribution is 2.46. The molecular weight excluding hydrogens is 339 g/mol. The summed E-state index contributed by atoms with van der Waals surface area (Å²) in [5.41, 5.74) is 1.22. The van der Waals surface area contributed by atoms with Crippen molar-refractivity contribution >= 4 is 17.7 Å². The second-order valence-electron chi connectivity index (χ2n) is 6.58. The summed E-state index contributed by atoms with van der Waals surface area (Å²) in [6.45, 7) is 2.03. The van der Waals surface area contributed by atoms with Gasteiger partial charge < -0.3 is 9.79 Å². The average molecular weight is 368 g/mol. The summed E-state index contributed by atoms with van der Waals surface area (Å²) in [6, 6.07) is 0. The van der Waals surface area contributed by atoms with Crippen LogP contribution in [-0.4, -0.2) is 27.7 Å². The maximum Gasteiger partial charge on any atom is 0.346 e. The zero-order valence-electron chi connectivity index (χ0n) is 13.7. The van der Waals surface area contributed by atoms with Crippen molar-refractivity contribution in [3.63, 3.8) is 0 Å². The Balaban J connectivity index is 2.29. The predicted octanol–water partition coefficient (Wildman–Crippen LogP) is 3.86. The van der Waals surface area contributed by atoms with E-state index < -0.39 is 22.7 Å². The van der Waals surface area contributed by atoms with Crippen molar-refractivity contribution in [1.82, 2.24) is 0 Å². The SMILES string of the molecule is CC(=CCCCC(P(=O)(O)O)S(=O)(=O)O)CCCC1CCCC1. The normalized spacial score (nSPS) is 19.2. The molecule has 1 unspecified atom stereocenters. The van der Waals surface area contributed by atoms with Crippen LogP contribution in [0.3, 0.4) is 0 Å². The smallest absolute Gasteiger partial charge is 0.323 e. The van der Waals surface area contributed by atoms with Crippen LogP contribution >= 0.6 is 7.60 Å². The van der Waals surface area contributed by atoms with Crippen LogP contribution in [0.1, 0.15) is 71.1 Å². The topological polar surface area (TPSA) is 112 Å². The molecule has 0 saturated heterocycles. The molecule has 0 aliphatic heterocycles. The molecule has 1 fully saturated rings. The van der Waals surface area contributed by atoms with E-state index in [1.54, 1.807) is 0 Å². The first-order chi connectivity index (χ1) is 10.6. The molecule has 3 N–H and O–H groups in total. The maximum atomic E-state index is 11.1. The molecule has 0 amide bonds. The van der Waals surface area contributed by atoms with Gasteiger partial charge in [-0.05, 0) is 44.9 Å². The summed E-state index contributed by atoms with van der Waals surface area (Å²) in [6.07, 6.45) is 11.5. The third-order valence-corrected chi connectivity index (χ3v) is 8.08. The van der Waals surface area contributed by atoms with E-state index in [0.29, 0.717) is 12.8 Å². The zero-order chi connectivity index (χ0) is 17.5. The third kappa shape index (κ3) is 8.45. The minimum absolute atomic E-state index is 0.241. The van der Waals surface area contributed by atoms with E-state index in [1.807, 2.05) is 13.0 Å². The minimum Gasteiger partial charge on any atom is -0.323 e. The summed E-state index contributed by atoms with van der Waals surface area (Å²) >= 11 is 0. The maximum absolute atomic E-state index is 11.1. The fourth-order valence-electron chi connectivity index (χ4n) is 3.20. The highest BCUT2D eigenvalue weighted by Gasteiger charge is 2.38. The summed E-state index contributed by atoms with van der Waals surface area (Å²) < 4.78 is 42.1. The van der Waals surface area contributed by atoms with Crippen molar-refractivity contribution in [3.8, 4) is 0 Å². The third-order valence-electron chi connectivity index (χ3n) is 4.53. The van der Waals surface area contributed by atoms with Gasteiger partial charge in [0.2, 0.25) is 0 Å². The second kappa shape index (κ2) is 9.33. The van der Waals surface area contributed by atoms with Crippen molar-refractivity contribution in [3.05, 3.63) is 11.6 Å². The lowest BCUT2D eigenvalue weighted by molar-refractivity contribution is 0.360. The van der Waals surface area contributed by atoms with Crippen LogP contribution in [0.25, 0.3) is 0 Å². The Morgan fingerprint density at radius 3 is 2.39 bits per heavy atom. The second-order valence-corrected chi connectivity index (χ2v) is 10.3. The molecule has 0 aromatic heterocycles. The highest BCUT2D eigenvalue weighted by atomic mass is 32.2. The Labute approximate surface area is 139 Å². The van der Waals surface area contributed by atoms with Gasteiger partial charge in [0, 0.05) is 0 Å². The van der Waals surface area contributed by atoms with Crippen LogP contribution in [-0.2, 0) is 14.7 Å². The van der Waals surface area contributed by atoms with E-state index in [9.17, 15) is 13.0 Å². The molecule has 8 heteroatoms. The molecular formula is C15H29O6PS. The predicted molar refractivity (Wildman–Crippen MR) is 90.8 cm³/mol. The van der Waals surface area contributed by atoms with Gasteiger partial charge in [0.25, 0.3) is 10.1 Å². The van der Waals surface area contributed by atoms with Gasteiger partial charge in [-0.1, -0.05) is 43.8 Å². The van der Waals surface area contributed by atoms with E-state index in [4.69, 9.17) is 14.3 Å². The summed E-state index contributed by atoms with van der Waals surface area (Å²) in [7, 11) is -9.58. The lowest BCUT2D eigenvalue weighted by Crippen LogP contribution is -2.20. The number of hydrogen-bond acceptors (Lipinski definition) is 3. The highest BCUT2D eigenvalue weighted by molar-refractivity contribution is 7.93. The first-order valence-corrected chi connectivity index (χ1v) is 11.5. The van der Waals surface area contributed by atoms with Crippen LogP contribution in [0.4, 0.5) is 0 Å². The first kappa shape index (κ1) is 20.8. The van der Waals surface area contributed by atoms with Crippen molar-refractivity contribution in [2.24, 2.45) is 5.92 Å². The van der Waals surface area contributed by atoms with Gasteiger partial charge in [0.1, 0.15) is 0 Å². The molecule has 1 atom stereocenters. The monoisotopic (exact) mass is 368 g/mol. The van der Waals surface area contributed by atoms with Gasteiger partial charge in [-0.15, -0.1) is 0 Å². The van der Waals surface area contributed by atoms with Gasteiger partial charge in [-0.25, -0.2) is 0 Å². The summed E-state index contributed by atoms with van der Waals surface area (Å²) in [4.78, 5) is 16.0. The summed E-state index contributed by atoms with van der Waals surface area (Å²) in [5.74, 6) is 0.876. The van der Waals surface area contributed by atoms with Gasteiger partial charge >= 0.3 is 7.60 Å². The zero-order valence-corrected chi connectivity index (χ0v) is 15.4. The Kier molecular flexibility index (Phi) is 8.45. The molecule has 6 nitrogen and oxygen atoms in total. The molecule has 1 rings (SSSR count). The standard InChI is InChI=1S/C15H29O6PS/c1-13(8-6-11-14-9-3-4-10-14)7-2-5-12-15(22(16,17)18)23(19,20)21/h7,14-15H,2-6,8-12H2,1H3,(H2,16,17,18)(H,19,20,21). The molecule has 0 heterocycles. The van der Waals surface area contributed by atoms with Crippen molar-refractivity contribution in [2.75, 3.05) is 0 Å². The van der Waals surface area contributed by atoms with Crippen LogP contribution in [0.15, 0.2) is 11.6 Å². The molecule has 23 heavy (non-hydrogen) atoms. The van der Waals surface area contributed by atoms with Crippen LogP contribution in [0.5, 0.6) is 0 Å². The largest absolute Gasteiger partial charge is 0.346 e. The van der Waals surface area contributed by atoms with Crippen LogP contribution in [0.2, 0.25) is 0 Å². The van der Waals surface area contributed by atoms with E-state index in [0.717, 1.165) is 18.8 Å². The van der Waals surface area contributed by atoms with Gasteiger partial charge in [0.15, 0.2) is 4.99 Å². The Morgan fingerprint density at radius 2 is 1.87 bits per heavy atom. The number of unbranched alkanes of at least 4 members (excludes halogenated alkanes) is 1. The fraction of sp³-hybridized carbons (Fsp3) is 0.867. The quantitative estimate of drug-likeness (QED) is 0.234. The van der Waals surface area contributed by atoms with Crippen molar-refractivity contribution < 1.29 is 27.3 Å². The molecule has 0 spiro atoms. The summed E-state index contributed by atoms with van der Waals surface area (Å²) in [5, 5.41) is 0. The lowest BCUT2D eigenvalue weighted by Gasteiger charge is -2.14. The van der Waals surface area contributed by atoms with E-state index in [1.165, 1.54) is 37.7 Å². The molecule has 0 radical (unpaired) electrons. The van der Waals surface area contributed by atoms with E-state index >= 15 is 0 Å². The fourth-order valence-corrected chi connectivity index (χ4v) is 5.57. The molecule has 1 saturated carbocycles. The molecule has 136 valence electrons. The van der Waals surface area contributed by atoms with Crippen LogP contribution < -0.4 is 0 Å². The van der Waals surface area contributed by atoms with Gasteiger partial charge in [-0.3, -0.25) is 9.12 Å². The minimum atomic E-state index is -4.85. The molecule has 1 aliphatic rings. The Hall–Kier alpha value is -0.200. The number of allylic oxidation sites excluding steroid dienone is 2. The Morgan fingerprint density at radius 1 is 1.26 bits per heavy atom. The molecule has 1 aliphatic carbocycles. The molecule has 0 bridgehead atoms. The Bertz CT molecular complexity index is 530. The van der Waals surface area contributed by atoms with E-state index in [-0.39, 0.29) is 6.42 Å².